The van der Waals surface area contributed by atoms with Crippen molar-refractivity contribution < 1.29 is 16.8 Å². The van der Waals surface area contributed by atoms with E-state index in [1.807, 2.05) is 19.1 Å². The second kappa shape index (κ2) is 10.7. The van der Waals surface area contributed by atoms with E-state index in [1.165, 1.54) is 24.3 Å². The molecule has 3 rings (SSSR count). The number of primary sulfonamides is 1. The smallest absolute Gasteiger partial charge is 0.225 e. The summed E-state index contributed by atoms with van der Waals surface area (Å²) in [7, 11) is -8.31. The average Bonchev–Trinajstić information content (AvgIpc) is 2.75. The van der Waals surface area contributed by atoms with Gasteiger partial charge in [-0.15, -0.1) is 0 Å². The quantitative estimate of drug-likeness (QED) is 0.166. The van der Waals surface area contributed by atoms with Gasteiger partial charge in [0.15, 0.2) is 0 Å². The van der Waals surface area contributed by atoms with Gasteiger partial charge in [0.2, 0.25) is 10.0 Å². The molecule has 0 aromatic heterocycles. The topological polar surface area (TPSA) is 119 Å². The molecule has 0 bridgehead atoms. The number of hydrazone groups is 1. The number of nitrogens with zero attached hydrogens (tertiary/aromatic N) is 1. The molecule has 7 nitrogen and oxygen atoms in total. The van der Waals surface area contributed by atoms with Gasteiger partial charge in [-0.05, 0) is 56.2 Å². The van der Waals surface area contributed by atoms with E-state index in [4.69, 9.17) is 39.9 Å². The number of nitrogens with one attached hydrogen (secondary N) is 1. The fourth-order valence-corrected chi connectivity index (χ4v) is 6.85. The molecule has 3 aromatic rings. The fourth-order valence-electron chi connectivity index (χ4n) is 2.87. The van der Waals surface area contributed by atoms with E-state index in [1.54, 1.807) is 26.0 Å². The molecule has 13 heteroatoms. The summed E-state index contributed by atoms with van der Waals surface area (Å²) < 4.78 is 50.4. The summed E-state index contributed by atoms with van der Waals surface area (Å²) in [6, 6.07) is 12.5. The number of nitrogens with two attached hydrogens (primary N) is 1. The first-order chi connectivity index (χ1) is 16.2. The Morgan fingerprint density at radius 3 is 1.94 bits per heavy atom. The molecule has 0 aliphatic rings. The molecule has 0 amide bonds. The van der Waals surface area contributed by atoms with Gasteiger partial charge in [-0.25, -0.2) is 13.6 Å². The van der Waals surface area contributed by atoms with Gasteiger partial charge in [-0.2, -0.15) is 18.4 Å². The van der Waals surface area contributed by atoms with Gasteiger partial charge < -0.3 is 0 Å². The van der Waals surface area contributed by atoms with Gasteiger partial charge in [0.1, 0.15) is 9.94 Å². The second-order valence-corrected chi connectivity index (χ2v) is 13.0. The van der Waals surface area contributed by atoms with Gasteiger partial charge >= 0.3 is 0 Å². The van der Waals surface area contributed by atoms with Gasteiger partial charge in [0.25, 0.3) is 10.0 Å². The largest absolute Gasteiger partial charge is 0.278 e. The van der Waals surface area contributed by atoms with E-state index < -0.39 is 20.0 Å². The highest BCUT2D eigenvalue weighted by molar-refractivity contribution is 8.14. The number of benzene rings is 3. The lowest BCUT2D eigenvalue weighted by molar-refractivity contribution is 0.584. The zero-order valence-electron chi connectivity index (χ0n) is 18.6. The van der Waals surface area contributed by atoms with E-state index in [2.05, 4.69) is 9.93 Å². The SMILES string of the molecule is Cc1ccc(/C(=N/NS(=O)(=O)c2cc(C)c(Cl)cc2Cl)Sc2cc(Cl)c(C)cc2S(N)(=O)=O)cc1. The van der Waals surface area contributed by atoms with E-state index in [0.717, 1.165) is 17.3 Å². The van der Waals surface area contributed by atoms with Crippen molar-refractivity contribution in [3.63, 3.8) is 0 Å². The van der Waals surface area contributed by atoms with Crippen molar-refractivity contribution in [3.05, 3.63) is 85.9 Å². The zero-order valence-corrected chi connectivity index (χ0v) is 23.4. The highest BCUT2D eigenvalue weighted by Crippen LogP contribution is 2.34. The molecule has 0 aliphatic heterocycles. The highest BCUT2D eigenvalue weighted by Gasteiger charge is 2.22. The average molecular weight is 593 g/mol. The van der Waals surface area contributed by atoms with Crippen LogP contribution in [0.2, 0.25) is 15.1 Å². The number of hydrogen-bond acceptors (Lipinski definition) is 6. The minimum absolute atomic E-state index is 0.0744. The number of halogens is 3. The van der Waals surface area contributed by atoms with Crippen LogP contribution in [0.15, 0.2) is 68.3 Å². The van der Waals surface area contributed by atoms with Crippen LogP contribution in [-0.4, -0.2) is 21.9 Å². The summed E-state index contributed by atoms with van der Waals surface area (Å²) in [4.78, 5) is 1.99. The Labute approximate surface area is 223 Å². The third kappa shape index (κ3) is 6.71. The molecule has 3 aromatic carbocycles. The summed E-state index contributed by atoms with van der Waals surface area (Å²) in [5.74, 6) is 0. The van der Waals surface area contributed by atoms with Crippen LogP contribution in [0.3, 0.4) is 0 Å². The molecule has 0 atom stereocenters. The van der Waals surface area contributed by atoms with Crippen molar-refractivity contribution in [2.45, 2.75) is 35.5 Å². The van der Waals surface area contributed by atoms with Crippen LogP contribution in [0.25, 0.3) is 0 Å². The van der Waals surface area contributed by atoms with Crippen LogP contribution in [0.4, 0.5) is 0 Å². The maximum absolute atomic E-state index is 13.0. The van der Waals surface area contributed by atoms with Crippen LogP contribution in [0, 0.1) is 20.8 Å². The summed E-state index contributed by atoms with van der Waals surface area (Å²) in [5, 5.41) is 10.2. The Hall–Kier alpha value is -1.79. The Morgan fingerprint density at radius 1 is 0.829 bits per heavy atom. The van der Waals surface area contributed by atoms with E-state index in [-0.39, 0.29) is 24.8 Å². The summed E-state index contributed by atoms with van der Waals surface area (Å²) in [6.07, 6.45) is 0. The number of rotatable bonds is 6. The van der Waals surface area contributed by atoms with Crippen LogP contribution >= 0.6 is 46.6 Å². The molecule has 0 aliphatic carbocycles. The molecule has 186 valence electrons. The molecular weight excluding hydrogens is 573 g/mol. The summed E-state index contributed by atoms with van der Waals surface area (Å²) >= 11 is 19.3. The van der Waals surface area contributed by atoms with Gasteiger partial charge in [0, 0.05) is 20.5 Å². The standard InChI is InChI=1S/C22H20Cl3N3O4S3/c1-12-4-6-15(7-5-12)22(33-19-11-17(24)14(3)9-21(19)34(26,29)30)27-28-35(31,32)20-8-13(2)16(23)10-18(20)25/h4-11,28H,1-3H3,(H2,26,29,30)/b27-22-. The molecule has 0 spiro atoms. The monoisotopic (exact) mass is 591 g/mol. The number of aryl methyl sites for hydroxylation is 3. The first kappa shape index (κ1) is 27.8. The third-order valence-corrected chi connectivity index (χ3v) is 9.45. The maximum atomic E-state index is 13.0. The van der Waals surface area contributed by atoms with Crippen LogP contribution < -0.4 is 9.97 Å². The Balaban J connectivity index is 2.12. The van der Waals surface area contributed by atoms with Crippen molar-refractivity contribution in [1.82, 2.24) is 4.83 Å². The molecule has 0 unspecified atom stereocenters. The van der Waals surface area contributed by atoms with Crippen molar-refractivity contribution in [2.24, 2.45) is 10.2 Å². The second-order valence-electron chi connectivity index (χ2n) is 7.60. The van der Waals surface area contributed by atoms with Crippen molar-refractivity contribution in [2.75, 3.05) is 0 Å². The van der Waals surface area contributed by atoms with Crippen molar-refractivity contribution in [3.8, 4) is 0 Å². The third-order valence-electron chi connectivity index (χ3n) is 4.81. The molecular formula is C22H20Cl3N3O4S3. The number of sulfonamides is 2. The summed E-state index contributed by atoms with van der Waals surface area (Å²) in [5.41, 5.74) is 2.52. The van der Waals surface area contributed by atoms with E-state index in [0.29, 0.717) is 26.7 Å². The predicted molar refractivity (Wildman–Crippen MR) is 143 cm³/mol. The minimum Gasteiger partial charge on any atom is -0.225 e. The zero-order chi connectivity index (χ0) is 26.1. The molecule has 0 saturated heterocycles. The molecule has 0 fully saturated rings. The Morgan fingerprint density at radius 2 is 1.37 bits per heavy atom. The van der Waals surface area contributed by atoms with E-state index in [9.17, 15) is 16.8 Å². The minimum atomic E-state index is -4.20. The lowest BCUT2D eigenvalue weighted by atomic mass is 10.2. The normalized spacial score (nSPS) is 12.6. The highest BCUT2D eigenvalue weighted by atomic mass is 35.5. The van der Waals surface area contributed by atoms with Crippen LogP contribution in [-0.2, 0) is 20.0 Å². The fraction of sp³-hybridized carbons (Fsp3) is 0.136. The number of thioether (sulfide) groups is 1. The van der Waals surface area contributed by atoms with Crippen molar-refractivity contribution in [1.29, 1.82) is 0 Å². The number of hydrogen-bond donors (Lipinski definition) is 2. The first-order valence-electron chi connectivity index (χ1n) is 9.82. The maximum Gasteiger partial charge on any atom is 0.278 e. The molecule has 35 heavy (non-hydrogen) atoms. The van der Waals surface area contributed by atoms with Gasteiger partial charge in [-0.3, -0.25) is 0 Å². The van der Waals surface area contributed by atoms with Gasteiger partial charge in [0.05, 0.1) is 9.92 Å². The molecule has 0 radical (unpaired) electrons. The van der Waals surface area contributed by atoms with Crippen LogP contribution in [0.5, 0.6) is 0 Å². The molecule has 3 N–H and O–H groups in total. The Bertz CT molecular complexity index is 1540. The lowest BCUT2D eigenvalue weighted by Crippen LogP contribution is -2.21. The predicted octanol–water partition coefficient (Wildman–Crippen LogP) is 5.65. The van der Waals surface area contributed by atoms with Crippen LogP contribution in [0.1, 0.15) is 22.3 Å². The molecule has 0 heterocycles. The Kier molecular flexibility index (Phi) is 8.48. The summed E-state index contributed by atoms with van der Waals surface area (Å²) in [6.45, 7) is 5.18. The molecule has 0 saturated carbocycles. The van der Waals surface area contributed by atoms with E-state index >= 15 is 0 Å². The first-order valence-corrected chi connectivity index (χ1v) is 14.8. The lowest BCUT2D eigenvalue weighted by Gasteiger charge is -2.13. The van der Waals surface area contributed by atoms with Crippen molar-refractivity contribution >= 4 is 71.7 Å². The van der Waals surface area contributed by atoms with Gasteiger partial charge in [-0.1, -0.05) is 76.4 Å².